The van der Waals surface area contributed by atoms with Crippen LogP contribution in [0.2, 0.25) is 0 Å². The van der Waals surface area contributed by atoms with E-state index in [0.717, 1.165) is 17.6 Å². The van der Waals surface area contributed by atoms with E-state index in [-0.39, 0.29) is 18.6 Å². The molecule has 0 aliphatic heterocycles. The van der Waals surface area contributed by atoms with Gasteiger partial charge < -0.3 is 10.1 Å². The summed E-state index contributed by atoms with van der Waals surface area (Å²) in [5, 5.41) is 2.86. The predicted molar refractivity (Wildman–Crippen MR) is 112 cm³/mol. The molecule has 7 heteroatoms. The molecule has 0 aromatic heterocycles. The van der Waals surface area contributed by atoms with E-state index in [4.69, 9.17) is 4.74 Å². The van der Waals surface area contributed by atoms with Crippen LogP contribution in [-0.4, -0.2) is 39.3 Å². The first-order valence-corrected chi connectivity index (χ1v) is 11.1. The van der Waals surface area contributed by atoms with E-state index in [9.17, 15) is 13.2 Å². The van der Waals surface area contributed by atoms with E-state index in [2.05, 4.69) is 5.32 Å². The smallest absolute Gasteiger partial charge is 0.244 e. The van der Waals surface area contributed by atoms with Crippen LogP contribution in [0.4, 0.5) is 5.69 Å². The number of ether oxygens (including phenoxy) is 1. The van der Waals surface area contributed by atoms with E-state index in [1.165, 1.54) is 4.31 Å². The summed E-state index contributed by atoms with van der Waals surface area (Å²) in [6.45, 7) is 5.90. The standard InChI is InChI=1S/C21H28N2O4S/c1-5-20(23(28(4,25)26)18-9-7-6-8-10-18)21(24)22-17(3)15-27-19-13-11-16(2)12-14-19/h6-14,17,20H,5,15H2,1-4H3,(H,22,24)/t17-,20+/m1/s1. The Morgan fingerprint density at radius 2 is 1.71 bits per heavy atom. The molecule has 0 saturated carbocycles. The highest BCUT2D eigenvalue weighted by atomic mass is 32.2. The molecule has 0 saturated heterocycles. The number of sulfonamides is 1. The van der Waals surface area contributed by atoms with Gasteiger partial charge in [0.25, 0.3) is 0 Å². The van der Waals surface area contributed by atoms with Gasteiger partial charge in [0, 0.05) is 0 Å². The normalized spacial score (nSPS) is 13.4. The maximum Gasteiger partial charge on any atom is 0.244 e. The van der Waals surface area contributed by atoms with Crippen LogP contribution < -0.4 is 14.4 Å². The molecule has 0 spiro atoms. The molecule has 0 aliphatic carbocycles. The van der Waals surface area contributed by atoms with Crippen molar-refractivity contribution in [1.29, 1.82) is 0 Å². The third-order valence-corrected chi connectivity index (χ3v) is 5.43. The van der Waals surface area contributed by atoms with Crippen LogP contribution in [0.5, 0.6) is 5.75 Å². The molecule has 6 nitrogen and oxygen atoms in total. The minimum absolute atomic E-state index is 0.278. The summed E-state index contributed by atoms with van der Waals surface area (Å²) in [6, 6.07) is 15.2. The van der Waals surface area contributed by atoms with Crippen LogP contribution in [-0.2, 0) is 14.8 Å². The summed E-state index contributed by atoms with van der Waals surface area (Å²) in [7, 11) is -3.63. The van der Waals surface area contributed by atoms with Gasteiger partial charge in [-0.2, -0.15) is 0 Å². The van der Waals surface area contributed by atoms with Crippen molar-refractivity contribution in [2.45, 2.75) is 39.3 Å². The lowest BCUT2D eigenvalue weighted by Gasteiger charge is -2.31. The third kappa shape index (κ3) is 5.99. The second kappa shape index (κ2) is 9.59. The van der Waals surface area contributed by atoms with Crippen molar-refractivity contribution in [3.63, 3.8) is 0 Å². The largest absolute Gasteiger partial charge is 0.491 e. The summed E-state index contributed by atoms with van der Waals surface area (Å²) in [6.07, 6.45) is 1.46. The highest BCUT2D eigenvalue weighted by Crippen LogP contribution is 2.22. The Balaban J connectivity index is 2.07. The number of hydrogen-bond donors (Lipinski definition) is 1. The molecule has 0 aliphatic rings. The Kier molecular flexibility index (Phi) is 7.45. The van der Waals surface area contributed by atoms with Crippen LogP contribution in [0.15, 0.2) is 54.6 Å². The monoisotopic (exact) mass is 404 g/mol. The Hall–Kier alpha value is -2.54. The number of nitrogens with zero attached hydrogens (tertiary/aromatic N) is 1. The van der Waals surface area contributed by atoms with Crippen LogP contribution in [0, 0.1) is 6.92 Å². The molecule has 0 radical (unpaired) electrons. The molecule has 28 heavy (non-hydrogen) atoms. The van der Waals surface area contributed by atoms with Crippen molar-refractivity contribution in [1.82, 2.24) is 5.32 Å². The minimum atomic E-state index is -3.63. The summed E-state index contributed by atoms with van der Waals surface area (Å²) in [4.78, 5) is 12.8. The molecule has 152 valence electrons. The van der Waals surface area contributed by atoms with Crippen LogP contribution in [0.3, 0.4) is 0 Å². The maximum absolute atomic E-state index is 12.8. The topological polar surface area (TPSA) is 75.7 Å². The number of carbonyl (C=O) groups is 1. The number of carbonyl (C=O) groups excluding carboxylic acids is 1. The second-order valence-corrected chi connectivity index (χ2v) is 8.71. The van der Waals surface area contributed by atoms with E-state index in [1.54, 1.807) is 37.3 Å². The van der Waals surface area contributed by atoms with E-state index < -0.39 is 16.1 Å². The molecule has 2 aromatic carbocycles. The molecule has 0 unspecified atom stereocenters. The van der Waals surface area contributed by atoms with Crippen molar-refractivity contribution in [2.75, 3.05) is 17.2 Å². The molecule has 0 fully saturated rings. The predicted octanol–water partition coefficient (Wildman–Crippen LogP) is 3.12. The number of para-hydroxylation sites is 1. The van der Waals surface area contributed by atoms with Gasteiger partial charge >= 0.3 is 0 Å². The number of rotatable bonds is 9. The summed E-state index contributed by atoms with van der Waals surface area (Å²) in [5.74, 6) is 0.373. The number of anilines is 1. The number of hydrogen-bond acceptors (Lipinski definition) is 4. The highest BCUT2D eigenvalue weighted by Gasteiger charge is 2.31. The molecular weight excluding hydrogens is 376 g/mol. The number of aryl methyl sites for hydroxylation is 1. The van der Waals surface area contributed by atoms with Crippen LogP contribution >= 0.6 is 0 Å². The first kappa shape index (κ1) is 21.8. The lowest BCUT2D eigenvalue weighted by molar-refractivity contribution is -0.123. The molecule has 2 rings (SSSR count). The van der Waals surface area contributed by atoms with Crippen molar-refractivity contribution < 1.29 is 17.9 Å². The van der Waals surface area contributed by atoms with Crippen molar-refractivity contribution >= 4 is 21.6 Å². The van der Waals surface area contributed by atoms with Gasteiger partial charge in [0.05, 0.1) is 18.0 Å². The van der Waals surface area contributed by atoms with E-state index in [1.807, 2.05) is 38.1 Å². The first-order valence-electron chi connectivity index (χ1n) is 9.26. The lowest BCUT2D eigenvalue weighted by atomic mass is 10.1. The molecular formula is C21H28N2O4S. The van der Waals surface area contributed by atoms with Crippen LogP contribution in [0.1, 0.15) is 25.8 Å². The lowest BCUT2D eigenvalue weighted by Crippen LogP contribution is -2.52. The average molecular weight is 405 g/mol. The Morgan fingerprint density at radius 3 is 2.25 bits per heavy atom. The zero-order chi connectivity index (χ0) is 20.7. The minimum Gasteiger partial charge on any atom is -0.491 e. The van der Waals surface area contributed by atoms with Crippen molar-refractivity contribution in [2.24, 2.45) is 0 Å². The molecule has 1 N–H and O–H groups in total. The number of benzene rings is 2. The Bertz CT molecular complexity index is 867. The maximum atomic E-state index is 12.8. The van der Waals surface area contributed by atoms with Gasteiger partial charge in [0.1, 0.15) is 18.4 Å². The van der Waals surface area contributed by atoms with Crippen molar-refractivity contribution in [3.8, 4) is 5.75 Å². The van der Waals surface area contributed by atoms with Gasteiger partial charge in [-0.3, -0.25) is 9.10 Å². The second-order valence-electron chi connectivity index (χ2n) is 6.85. The van der Waals surface area contributed by atoms with Gasteiger partial charge in [-0.05, 0) is 44.5 Å². The fraction of sp³-hybridized carbons (Fsp3) is 0.381. The number of amides is 1. The zero-order valence-corrected chi connectivity index (χ0v) is 17.6. The highest BCUT2D eigenvalue weighted by molar-refractivity contribution is 7.92. The van der Waals surface area contributed by atoms with Gasteiger partial charge in [0.2, 0.25) is 15.9 Å². The molecule has 0 bridgehead atoms. The van der Waals surface area contributed by atoms with Gasteiger partial charge in [0.15, 0.2) is 0 Å². The fourth-order valence-corrected chi connectivity index (χ4v) is 4.08. The zero-order valence-electron chi connectivity index (χ0n) is 16.8. The van der Waals surface area contributed by atoms with Crippen LogP contribution in [0.25, 0.3) is 0 Å². The van der Waals surface area contributed by atoms with E-state index >= 15 is 0 Å². The third-order valence-electron chi connectivity index (χ3n) is 4.25. The molecule has 0 heterocycles. The molecule has 1 amide bonds. The van der Waals surface area contributed by atoms with Crippen molar-refractivity contribution in [3.05, 3.63) is 60.2 Å². The quantitative estimate of drug-likeness (QED) is 0.697. The Morgan fingerprint density at radius 1 is 1.11 bits per heavy atom. The van der Waals surface area contributed by atoms with E-state index in [0.29, 0.717) is 12.1 Å². The summed E-state index contributed by atoms with van der Waals surface area (Å²) in [5.41, 5.74) is 1.61. The van der Waals surface area contributed by atoms with Gasteiger partial charge in [-0.1, -0.05) is 42.8 Å². The molecule has 2 atom stereocenters. The SMILES string of the molecule is CC[C@@H](C(=O)N[C@H](C)COc1ccc(C)cc1)N(c1ccccc1)S(C)(=O)=O. The average Bonchev–Trinajstić information content (AvgIpc) is 2.65. The summed E-state index contributed by atoms with van der Waals surface area (Å²) >= 11 is 0. The number of nitrogens with one attached hydrogen (secondary N) is 1. The molecule has 2 aromatic rings. The van der Waals surface area contributed by atoms with Gasteiger partial charge in [-0.25, -0.2) is 8.42 Å². The fourth-order valence-electron chi connectivity index (χ4n) is 2.87. The first-order chi connectivity index (χ1) is 13.2. The van der Waals surface area contributed by atoms with Gasteiger partial charge in [-0.15, -0.1) is 0 Å². The summed E-state index contributed by atoms with van der Waals surface area (Å²) < 4.78 is 31.6. The Labute approximate surface area is 167 Å².